The van der Waals surface area contributed by atoms with Crippen molar-refractivity contribution >= 4 is 28.8 Å². The van der Waals surface area contributed by atoms with E-state index in [-0.39, 0.29) is 24.0 Å². The Morgan fingerprint density at radius 2 is 1.93 bits per heavy atom. The lowest BCUT2D eigenvalue weighted by Crippen LogP contribution is -2.47. The van der Waals surface area contributed by atoms with Crippen LogP contribution in [0.5, 0.6) is 0 Å². The highest BCUT2D eigenvalue weighted by molar-refractivity contribution is 7.12. The number of morpholine rings is 1. The number of carbonyl (C=O) groups excluding carboxylic acids is 2. The topological polar surface area (TPSA) is 70.7 Å². The molecule has 0 aliphatic carbocycles. The normalized spacial score (nSPS) is 20.2. The Morgan fingerprint density at radius 1 is 1.15 bits per heavy atom. The van der Waals surface area contributed by atoms with Crippen LogP contribution in [0.3, 0.4) is 0 Å². The Bertz CT molecular complexity index is 769. The molecule has 6 nitrogen and oxygen atoms in total. The van der Waals surface area contributed by atoms with E-state index in [0.29, 0.717) is 22.7 Å². The maximum atomic E-state index is 12.4. The molecule has 0 bridgehead atoms. The fraction of sp³-hybridized carbons (Fsp3) is 0.400. The second kappa shape index (κ2) is 9.12. The first kappa shape index (κ1) is 19.5. The van der Waals surface area contributed by atoms with Gasteiger partial charge < -0.3 is 15.4 Å². The Labute approximate surface area is 163 Å². The summed E-state index contributed by atoms with van der Waals surface area (Å²) in [4.78, 5) is 27.5. The van der Waals surface area contributed by atoms with Crippen LogP contribution >= 0.6 is 11.3 Å². The van der Waals surface area contributed by atoms with E-state index >= 15 is 0 Å². The Balaban J connectivity index is 1.50. The number of benzene rings is 1. The monoisotopic (exact) mass is 387 g/mol. The van der Waals surface area contributed by atoms with Crippen molar-refractivity contribution in [2.24, 2.45) is 0 Å². The standard InChI is InChI=1S/C20H25N3O3S/c1-14-12-23(13-15(2)26-14)9-8-21-19(24)16-5-3-6-17(11-16)22-20(25)18-7-4-10-27-18/h3-7,10-11,14-15H,8-9,12-13H2,1-2H3,(H,21,24)(H,22,25). The minimum absolute atomic E-state index is 0.142. The Kier molecular flexibility index (Phi) is 6.60. The number of ether oxygens (including phenoxy) is 1. The number of hydrogen-bond donors (Lipinski definition) is 2. The van der Waals surface area contributed by atoms with Crippen molar-refractivity contribution < 1.29 is 14.3 Å². The van der Waals surface area contributed by atoms with Gasteiger partial charge in [-0.1, -0.05) is 12.1 Å². The molecule has 1 saturated heterocycles. The van der Waals surface area contributed by atoms with Crippen molar-refractivity contribution in [1.29, 1.82) is 0 Å². The molecule has 144 valence electrons. The molecule has 0 spiro atoms. The lowest BCUT2D eigenvalue weighted by atomic mass is 10.2. The maximum Gasteiger partial charge on any atom is 0.265 e. The number of hydrogen-bond acceptors (Lipinski definition) is 5. The number of nitrogens with zero attached hydrogens (tertiary/aromatic N) is 1. The molecule has 1 fully saturated rings. The predicted octanol–water partition coefficient (Wildman–Crippen LogP) is 2.84. The molecule has 2 unspecified atom stereocenters. The molecular weight excluding hydrogens is 362 g/mol. The smallest absolute Gasteiger partial charge is 0.265 e. The molecule has 1 aromatic carbocycles. The summed E-state index contributed by atoms with van der Waals surface area (Å²) < 4.78 is 5.72. The van der Waals surface area contributed by atoms with Gasteiger partial charge in [-0.05, 0) is 43.5 Å². The summed E-state index contributed by atoms with van der Waals surface area (Å²) in [6.45, 7) is 7.26. The van der Waals surface area contributed by atoms with Crippen LogP contribution in [0.25, 0.3) is 0 Å². The number of amides is 2. The van der Waals surface area contributed by atoms with Gasteiger partial charge >= 0.3 is 0 Å². The zero-order valence-electron chi connectivity index (χ0n) is 15.6. The molecule has 2 aromatic rings. The van der Waals surface area contributed by atoms with Crippen molar-refractivity contribution in [1.82, 2.24) is 10.2 Å². The zero-order chi connectivity index (χ0) is 19.2. The molecular formula is C20H25N3O3S. The van der Waals surface area contributed by atoms with Crippen molar-refractivity contribution in [3.63, 3.8) is 0 Å². The van der Waals surface area contributed by atoms with Gasteiger partial charge in [0.05, 0.1) is 17.1 Å². The highest BCUT2D eigenvalue weighted by atomic mass is 32.1. The molecule has 2 heterocycles. The van der Waals surface area contributed by atoms with Gasteiger partial charge in [-0.25, -0.2) is 0 Å². The van der Waals surface area contributed by atoms with E-state index in [4.69, 9.17) is 4.74 Å². The van der Waals surface area contributed by atoms with Gasteiger partial charge in [0.15, 0.2) is 0 Å². The van der Waals surface area contributed by atoms with Gasteiger partial charge in [-0.15, -0.1) is 11.3 Å². The second-order valence-corrected chi connectivity index (χ2v) is 7.73. The van der Waals surface area contributed by atoms with E-state index in [2.05, 4.69) is 29.4 Å². The minimum atomic E-state index is -0.168. The van der Waals surface area contributed by atoms with Crippen LogP contribution in [0.15, 0.2) is 41.8 Å². The Hall–Kier alpha value is -2.22. The number of nitrogens with one attached hydrogen (secondary N) is 2. The predicted molar refractivity (Wildman–Crippen MR) is 107 cm³/mol. The molecule has 1 aliphatic heterocycles. The molecule has 1 aromatic heterocycles. The van der Waals surface area contributed by atoms with Gasteiger partial charge in [0.25, 0.3) is 11.8 Å². The van der Waals surface area contributed by atoms with E-state index in [1.165, 1.54) is 11.3 Å². The van der Waals surface area contributed by atoms with E-state index in [9.17, 15) is 9.59 Å². The third-order valence-electron chi connectivity index (χ3n) is 4.34. The lowest BCUT2D eigenvalue weighted by Gasteiger charge is -2.35. The summed E-state index contributed by atoms with van der Waals surface area (Å²) in [6.07, 6.45) is 0.432. The second-order valence-electron chi connectivity index (χ2n) is 6.79. The zero-order valence-corrected chi connectivity index (χ0v) is 16.4. The molecule has 7 heteroatoms. The van der Waals surface area contributed by atoms with Crippen LogP contribution in [0, 0.1) is 0 Å². The van der Waals surface area contributed by atoms with Crippen LogP contribution in [0.2, 0.25) is 0 Å². The van der Waals surface area contributed by atoms with Crippen molar-refractivity contribution in [3.8, 4) is 0 Å². The molecule has 0 saturated carbocycles. The molecule has 0 radical (unpaired) electrons. The van der Waals surface area contributed by atoms with E-state index < -0.39 is 0 Å². The summed E-state index contributed by atoms with van der Waals surface area (Å²) in [5.41, 5.74) is 1.14. The summed E-state index contributed by atoms with van der Waals surface area (Å²) in [5.74, 6) is -0.310. The van der Waals surface area contributed by atoms with Gasteiger partial charge in [0, 0.05) is 37.4 Å². The van der Waals surface area contributed by atoms with Crippen LogP contribution in [0.4, 0.5) is 5.69 Å². The van der Waals surface area contributed by atoms with Crippen LogP contribution in [0.1, 0.15) is 33.9 Å². The maximum absolute atomic E-state index is 12.4. The van der Waals surface area contributed by atoms with E-state index in [1.54, 1.807) is 30.3 Å². The van der Waals surface area contributed by atoms with Crippen LogP contribution in [-0.4, -0.2) is 55.1 Å². The SMILES string of the molecule is CC1CN(CCNC(=O)c2cccc(NC(=O)c3cccs3)c2)CC(C)O1. The number of thiophene rings is 1. The van der Waals surface area contributed by atoms with Crippen molar-refractivity contribution in [2.75, 3.05) is 31.5 Å². The third-order valence-corrected chi connectivity index (χ3v) is 5.21. The molecule has 2 amide bonds. The lowest BCUT2D eigenvalue weighted by molar-refractivity contribution is -0.0672. The number of rotatable bonds is 6. The summed E-state index contributed by atoms with van der Waals surface area (Å²) >= 11 is 1.38. The van der Waals surface area contributed by atoms with Gasteiger partial charge in [-0.2, -0.15) is 0 Å². The largest absolute Gasteiger partial charge is 0.373 e. The highest BCUT2D eigenvalue weighted by Gasteiger charge is 2.21. The van der Waals surface area contributed by atoms with Crippen LogP contribution < -0.4 is 10.6 Å². The first-order chi connectivity index (χ1) is 13.0. The fourth-order valence-electron chi connectivity index (χ4n) is 3.24. The molecule has 2 N–H and O–H groups in total. The first-order valence-electron chi connectivity index (χ1n) is 9.12. The summed E-state index contributed by atoms with van der Waals surface area (Å²) in [5, 5.41) is 7.63. The van der Waals surface area contributed by atoms with Crippen molar-refractivity contribution in [2.45, 2.75) is 26.1 Å². The van der Waals surface area contributed by atoms with E-state index in [1.807, 2.05) is 11.4 Å². The van der Waals surface area contributed by atoms with Gasteiger partial charge in [0.2, 0.25) is 0 Å². The Morgan fingerprint density at radius 3 is 2.63 bits per heavy atom. The summed E-state index contributed by atoms with van der Waals surface area (Å²) in [7, 11) is 0. The van der Waals surface area contributed by atoms with Gasteiger partial charge in [-0.3, -0.25) is 14.5 Å². The molecule has 2 atom stereocenters. The highest BCUT2D eigenvalue weighted by Crippen LogP contribution is 2.15. The van der Waals surface area contributed by atoms with Gasteiger partial charge in [0.1, 0.15) is 0 Å². The number of carbonyl (C=O) groups is 2. The van der Waals surface area contributed by atoms with Crippen molar-refractivity contribution in [3.05, 3.63) is 52.2 Å². The third kappa shape index (κ3) is 5.63. The fourth-order valence-corrected chi connectivity index (χ4v) is 3.85. The first-order valence-corrected chi connectivity index (χ1v) is 10.00. The average molecular weight is 388 g/mol. The number of anilines is 1. The minimum Gasteiger partial charge on any atom is -0.373 e. The molecule has 3 rings (SSSR count). The van der Waals surface area contributed by atoms with Crippen LogP contribution in [-0.2, 0) is 4.74 Å². The molecule has 27 heavy (non-hydrogen) atoms. The van der Waals surface area contributed by atoms with E-state index in [0.717, 1.165) is 19.6 Å². The average Bonchev–Trinajstić information content (AvgIpc) is 3.16. The molecule has 1 aliphatic rings. The quantitative estimate of drug-likeness (QED) is 0.800. The summed E-state index contributed by atoms with van der Waals surface area (Å²) in [6, 6.07) is 10.6.